The molecule has 0 aliphatic rings. The molecule has 0 aromatic heterocycles. The van der Waals surface area contributed by atoms with E-state index in [4.69, 9.17) is 0 Å². The minimum absolute atomic E-state index is 0. The zero-order chi connectivity index (χ0) is 30.8. The van der Waals surface area contributed by atoms with Gasteiger partial charge >= 0.3 is 26.2 Å². The first-order valence-electron chi connectivity index (χ1n) is 14.8. The second-order valence-electron chi connectivity index (χ2n) is 11.6. The van der Waals surface area contributed by atoms with E-state index in [1.54, 1.807) is 12.1 Å². The van der Waals surface area contributed by atoms with Crippen molar-refractivity contribution < 1.29 is 36.4 Å². The number of aryl methyl sites for hydroxylation is 4. The van der Waals surface area contributed by atoms with Gasteiger partial charge in [-0.2, -0.15) is 24.3 Å². The second-order valence-corrected chi connectivity index (χ2v) is 11.6. The Morgan fingerprint density at radius 3 is 1.12 bits per heavy atom. The first kappa shape index (κ1) is 35.8. The maximum absolute atomic E-state index is 9.28. The molecule has 2 nitrogen and oxygen atoms in total. The van der Waals surface area contributed by atoms with E-state index in [1.807, 2.05) is 36.4 Å². The number of benzene rings is 4. The Morgan fingerprint density at radius 1 is 0.488 bits per heavy atom. The van der Waals surface area contributed by atoms with Crippen molar-refractivity contribution >= 4 is 21.5 Å². The third-order valence-corrected chi connectivity index (χ3v) is 7.62. The number of rotatable bonds is 2. The average Bonchev–Trinajstić information content (AvgIpc) is 3.59. The molecular weight excluding hydrogens is 604 g/mol. The normalized spacial score (nSPS) is 10.3. The smallest absolute Gasteiger partial charge is 0.508 e. The Bertz CT molecular complexity index is 1500. The Balaban J connectivity index is 0.000000199. The summed E-state index contributed by atoms with van der Waals surface area (Å²) in [6.45, 7) is 16.9. The van der Waals surface area contributed by atoms with Crippen LogP contribution in [0.2, 0.25) is 0 Å². The van der Waals surface area contributed by atoms with Gasteiger partial charge in [0.05, 0.1) is 0 Å². The number of hydrogen-bond acceptors (Lipinski definition) is 2. The zero-order valence-electron chi connectivity index (χ0n) is 26.9. The van der Waals surface area contributed by atoms with E-state index in [2.05, 4.69) is 116 Å². The van der Waals surface area contributed by atoms with Gasteiger partial charge in [0, 0.05) is 0 Å². The molecule has 0 radical (unpaired) electrons. The molecule has 0 fully saturated rings. The first-order chi connectivity index (χ1) is 20.0. The molecule has 0 saturated carbocycles. The summed E-state index contributed by atoms with van der Waals surface area (Å²) in [5.74, 6) is 1.61. The largest absolute Gasteiger partial charge is 2.00 e. The summed E-state index contributed by atoms with van der Waals surface area (Å²) in [7, 11) is 0. The molecule has 0 amide bonds. The first-order valence-corrected chi connectivity index (χ1v) is 14.8. The Hall–Kier alpha value is -3.42. The van der Waals surface area contributed by atoms with Crippen LogP contribution in [0.4, 0.5) is 0 Å². The molecule has 6 aromatic carbocycles. The van der Waals surface area contributed by atoms with E-state index < -0.39 is 0 Å². The van der Waals surface area contributed by atoms with Crippen LogP contribution in [0.25, 0.3) is 21.5 Å². The minimum atomic E-state index is 0. The van der Waals surface area contributed by atoms with E-state index in [9.17, 15) is 10.2 Å². The third kappa shape index (κ3) is 10.4. The van der Waals surface area contributed by atoms with Crippen molar-refractivity contribution in [3.63, 3.8) is 0 Å². The molecule has 0 bridgehead atoms. The van der Waals surface area contributed by atoms with Crippen LogP contribution >= 0.6 is 0 Å². The Kier molecular flexibility index (Phi) is 14.2. The number of hydrogen-bond donors (Lipinski definition) is 2. The predicted octanol–water partition coefficient (Wildman–Crippen LogP) is 11.4. The summed E-state index contributed by atoms with van der Waals surface area (Å²) in [4.78, 5) is 0. The molecule has 6 aromatic rings. The Labute approximate surface area is 277 Å². The summed E-state index contributed by atoms with van der Waals surface area (Å²) in [5.41, 5.74) is 7.55. The number of phenols is 2. The van der Waals surface area contributed by atoms with Crippen molar-refractivity contribution in [3.05, 3.63) is 143 Å². The fraction of sp³-hybridized carbons (Fsp3) is 0.250. The number of para-hydroxylation sites is 2. The van der Waals surface area contributed by atoms with Gasteiger partial charge in [-0.3, -0.25) is 0 Å². The van der Waals surface area contributed by atoms with Gasteiger partial charge in [0.2, 0.25) is 0 Å². The van der Waals surface area contributed by atoms with Crippen molar-refractivity contribution in [2.24, 2.45) is 0 Å². The molecule has 0 atom stereocenters. The van der Waals surface area contributed by atoms with Crippen LogP contribution in [0, 0.1) is 27.7 Å². The molecular formula is C40H46O2Zr. The quantitative estimate of drug-likeness (QED) is 0.183. The summed E-state index contributed by atoms with van der Waals surface area (Å²) < 4.78 is 0. The van der Waals surface area contributed by atoms with E-state index in [0.717, 1.165) is 11.1 Å². The average molecular weight is 650 g/mol. The topological polar surface area (TPSA) is 40.5 Å². The van der Waals surface area contributed by atoms with Crippen LogP contribution in [0.3, 0.4) is 0 Å². The van der Waals surface area contributed by atoms with Crippen molar-refractivity contribution in [2.45, 2.75) is 67.2 Å². The second kappa shape index (κ2) is 17.0. The number of phenolic OH excluding ortho intramolecular Hbond substituents is 2. The van der Waals surface area contributed by atoms with Crippen LogP contribution in [0.5, 0.6) is 11.5 Å². The van der Waals surface area contributed by atoms with Gasteiger partial charge in [-0.05, 0) is 62.8 Å². The fourth-order valence-electron chi connectivity index (χ4n) is 4.76. The van der Waals surface area contributed by atoms with Gasteiger partial charge < -0.3 is 10.2 Å². The molecule has 0 saturated heterocycles. The number of aromatic hydroxyl groups is 2. The van der Waals surface area contributed by atoms with E-state index in [0.29, 0.717) is 23.3 Å². The van der Waals surface area contributed by atoms with Crippen LogP contribution < -0.4 is 0 Å². The van der Waals surface area contributed by atoms with E-state index in [1.165, 1.54) is 43.8 Å². The fourth-order valence-corrected chi connectivity index (χ4v) is 4.76. The molecule has 3 heteroatoms. The van der Waals surface area contributed by atoms with Gasteiger partial charge in [0.15, 0.2) is 0 Å². The molecule has 6 rings (SSSR count). The maximum Gasteiger partial charge on any atom is 2.00 e. The SMILES string of the molecule is CC(C)c1ccccc1O.CC(C)c1ccccc1O.Cc1cc2cc[cH-]c2cc1C.Cc1cc2cc[cH-]c2cc1C.[Zr+2]. The number of fused-ring (bicyclic) bond motifs is 2. The molecule has 0 spiro atoms. The summed E-state index contributed by atoms with van der Waals surface area (Å²) in [6.07, 6.45) is 0. The minimum Gasteiger partial charge on any atom is -0.508 e. The van der Waals surface area contributed by atoms with Gasteiger partial charge in [-0.15, -0.1) is 57.9 Å². The van der Waals surface area contributed by atoms with Crippen molar-refractivity contribution in [2.75, 3.05) is 0 Å². The molecule has 0 unspecified atom stereocenters. The van der Waals surface area contributed by atoms with Crippen LogP contribution in [0.1, 0.15) is 72.9 Å². The van der Waals surface area contributed by atoms with E-state index in [-0.39, 0.29) is 26.2 Å². The standard InChI is InChI=1S/2C11H11.2C9H12O.Zr/c2*1-8-6-10-4-3-5-11(10)7-9(8)2;2*1-7(2)8-5-3-4-6-9(8)10;/h2*3-7H,1-2H3;2*3-7,10H,1-2H3;/q2*-1;;;+2. The zero-order valence-corrected chi connectivity index (χ0v) is 29.4. The van der Waals surface area contributed by atoms with Gasteiger partial charge in [0.1, 0.15) is 11.5 Å². The molecule has 0 aliphatic carbocycles. The maximum atomic E-state index is 9.28. The summed E-state index contributed by atoms with van der Waals surface area (Å²) in [5, 5.41) is 24.0. The molecule has 222 valence electrons. The van der Waals surface area contributed by atoms with Gasteiger partial charge in [0.25, 0.3) is 0 Å². The van der Waals surface area contributed by atoms with Crippen LogP contribution in [-0.2, 0) is 26.2 Å². The van der Waals surface area contributed by atoms with Crippen molar-refractivity contribution in [3.8, 4) is 11.5 Å². The monoisotopic (exact) mass is 648 g/mol. The van der Waals surface area contributed by atoms with Gasteiger partial charge in [-0.1, -0.05) is 86.3 Å². The van der Waals surface area contributed by atoms with E-state index >= 15 is 0 Å². The molecule has 43 heavy (non-hydrogen) atoms. The Morgan fingerprint density at radius 2 is 0.814 bits per heavy atom. The summed E-state index contributed by atoms with van der Waals surface area (Å²) >= 11 is 0. The molecule has 0 heterocycles. The molecule has 2 N–H and O–H groups in total. The van der Waals surface area contributed by atoms with Gasteiger partial charge in [-0.25, -0.2) is 0 Å². The van der Waals surface area contributed by atoms with Crippen molar-refractivity contribution in [1.29, 1.82) is 0 Å². The van der Waals surface area contributed by atoms with Crippen molar-refractivity contribution in [1.82, 2.24) is 0 Å². The summed E-state index contributed by atoms with van der Waals surface area (Å²) in [6, 6.07) is 36.7. The predicted molar refractivity (Wildman–Crippen MR) is 182 cm³/mol. The molecule has 0 aliphatic heterocycles. The van der Waals surface area contributed by atoms with Crippen LogP contribution in [0.15, 0.2) is 109 Å². The van der Waals surface area contributed by atoms with Crippen LogP contribution in [-0.4, -0.2) is 10.2 Å². The third-order valence-electron chi connectivity index (χ3n) is 7.62.